The molecule has 1 aromatic carbocycles. The molecule has 0 unspecified atom stereocenters. The average Bonchev–Trinajstić information content (AvgIpc) is 2.81. The van der Waals surface area contributed by atoms with Crippen molar-refractivity contribution in [1.29, 1.82) is 0 Å². The van der Waals surface area contributed by atoms with Crippen LogP contribution in [0.15, 0.2) is 23.1 Å². The van der Waals surface area contributed by atoms with Gasteiger partial charge in [0.15, 0.2) is 9.84 Å². The highest BCUT2D eigenvalue weighted by Gasteiger charge is 2.18. The van der Waals surface area contributed by atoms with Gasteiger partial charge >= 0.3 is 5.97 Å². The molecule has 21 heavy (non-hydrogen) atoms. The number of imidazole rings is 1. The van der Waals surface area contributed by atoms with Crippen LogP contribution >= 0.6 is 11.6 Å². The summed E-state index contributed by atoms with van der Waals surface area (Å²) in [4.78, 5) is 15.7. The number of esters is 1. The van der Waals surface area contributed by atoms with Crippen molar-refractivity contribution < 1.29 is 17.9 Å². The average molecular weight is 331 g/mol. The fourth-order valence-corrected chi connectivity index (χ4v) is 3.16. The summed E-state index contributed by atoms with van der Waals surface area (Å²) in [6.45, 7) is 0.332. The summed E-state index contributed by atoms with van der Waals surface area (Å²) in [6, 6.07) is 4.91. The van der Waals surface area contributed by atoms with Crippen molar-refractivity contribution in [3.05, 3.63) is 24.0 Å². The van der Waals surface area contributed by atoms with Gasteiger partial charge in [0.2, 0.25) is 0 Å². The molecule has 0 radical (unpaired) electrons. The number of hydrogen-bond donors (Lipinski definition) is 0. The van der Waals surface area contributed by atoms with Crippen LogP contribution in [0.25, 0.3) is 11.0 Å². The largest absolute Gasteiger partial charge is 0.469 e. The zero-order chi connectivity index (χ0) is 15.6. The summed E-state index contributed by atoms with van der Waals surface area (Å²) in [7, 11) is -2.07. The van der Waals surface area contributed by atoms with Crippen molar-refractivity contribution in [3.8, 4) is 0 Å². The molecule has 0 N–H and O–H groups in total. The van der Waals surface area contributed by atoms with Crippen LogP contribution in [0.2, 0.25) is 0 Å². The Kier molecular flexibility index (Phi) is 4.53. The predicted octanol–water partition coefficient (Wildman–Crippen LogP) is 1.74. The smallest absolute Gasteiger partial charge is 0.307 e. The van der Waals surface area contributed by atoms with E-state index in [0.29, 0.717) is 23.4 Å². The third-order valence-corrected chi connectivity index (χ3v) is 4.47. The Morgan fingerprint density at radius 1 is 1.43 bits per heavy atom. The van der Waals surface area contributed by atoms with Gasteiger partial charge in [0.05, 0.1) is 29.8 Å². The van der Waals surface area contributed by atoms with Crippen LogP contribution in [0.4, 0.5) is 0 Å². The number of fused-ring (bicyclic) bond motifs is 1. The number of aromatic nitrogens is 2. The van der Waals surface area contributed by atoms with Crippen molar-refractivity contribution in [2.75, 3.05) is 13.4 Å². The summed E-state index contributed by atoms with van der Waals surface area (Å²) in [5, 5.41) is 0. The molecule has 0 aliphatic heterocycles. The summed E-state index contributed by atoms with van der Waals surface area (Å²) in [5.74, 6) is 0.294. The highest BCUT2D eigenvalue weighted by molar-refractivity contribution is 7.91. The van der Waals surface area contributed by atoms with Gasteiger partial charge in [0.1, 0.15) is 11.3 Å². The van der Waals surface area contributed by atoms with Crippen LogP contribution in [-0.4, -0.2) is 37.3 Å². The minimum atomic E-state index is -3.39. The van der Waals surface area contributed by atoms with E-state index in [-0.39, 0.29) is 23.2 Å². The molecule has 0 saturated carbocycles. The van der Waals surface area contributed by atoms with Crippen molar-refractivity contribution in [1.82, 2.24) is 9.55 Å². The zero-order valence-corrected chi connectivity index (χ0v) is 13.2. The number of rotatable bonds is 5. The van der Waals surface area contributed by atoms with E-state index in [1.165, 1.54) is 13.2 Å². The molecular formula is C13H15ClN2O4S. The molecule has 2 rings (SSSR count). The van der Waals surface area contributed by atoms with Crippen LogP contribution in [0.5, 0.6) is 0 Å². The number of carbonyl (C=O) groups is 1. The summed E-state index contributed by atoms with van der Waals surface area (Å²) >= 11 is 5.87. The second kappa shape index (κ2) is 6.03. The van der Waals surface area contributed by atoms with Gasteiger partial charge < -0.3 is 9.30 Å². The molecule has 114 valence electrons. The van der Waals surface area contributed by atoms with E-state index in [9.17, 15) is 13.2 Å². The Hall–Kier alpha value is -1.60. The number of methoxy groups -OCH3 is 1. The normalized spacial score (nSPS) is 11.8. The van der Waals surface area contributed by atoms with E-state index >= 15 is 0 Å². The van der Waals surface area contributed by atoms with Crippen LogP contribution in [-0.2, 0) is 31.8 Å². The molecule has 1 aromatic heterocycles. The SMILES string of the molecule is COC(=O)CCn1c(CCl)nc2c(S(C)(=O)=O)cccc21. The van der Waals surface area contributed by atoms with E-state index < -0.39 is 9.84 Å². The number of nitrogens with zero attached hydrogens (tertiary/aromatic N) is 2. The topological polar surface area (TPSA) is 78.3 Å². The van der Waals surface area contributed by atoms with E-state index in [4.69, 9.17) is 11.6 Å². The highest BCUT2D eigenvalue weighted by Crippen LogP contribution is 2.24. The molecule has 8 heteroatoms. The van der Waals surface area contributed by atoms with Gasteiger partial charge in [-0.3, -0.25) is 4.79 Å². The molecule has 0 fully saturated rings. The summed E-state index contributed by atoms with van der Waals surface area (Å²) < 4.78 is 30.0. The Labute approximate surface area is 127 Å². The minimum absolute atomic E-state index is 0.124. The maximum Gasteiger partial charge on any atom is 0.307 e. The zero-order valence-electron chi connectivity index (χ0n) is 11.7. The fraction of sp³-hybridized carbons (Fsp3) is 0.385. The fourth-order valence-electron chi connectivity index (χ4n) is 2.13. The lowest BCUT2D eigenvalue weighted by Crippen LogP contribution is -2.09. The summed E-state index contributed by atoms with van der Waals surface area (Å²) in [6.07, 6.45) is 1.30. The lowest BCUT2D eigenvalue weighted by atomic mass is 10.3. The van der Waals surface area contributed by atoms with Gasteiger partial charge in [-0.2, -0.15) is 0 Å². The Morgan fingerprint density at radius 3 is 2.71 bits per heavy atom. The van der Waals surface area contributed by atoms with Gasteiger partial charge in [0.25, 0.3) is 0 Å². The first-order chi connectivity index (χ1) is 9.88. The molecule has 0 spiro atoms. The minimum Gasteiger partial charge on any atom is -0.469 e. The molecule has 0 atom stereocenters. The van der Waals surface area contributed by atoms with Gasteiger partial charge in [-0.1, -0.05) is 6.07 Å². The molecule has 0 saturated heterocycles. The van der Waals surface area contributed by atoms with Gasteiger partial charge in [-0.25, -0.2) is 13.4 Å². The molecule has 0 amide bonds. The number of carbonyl (C=O) groups excluding carboxylic acids is 1. The highest BCUT2D eigenvalue weighted by atomic mass is 35.5. The molecule has 0 bridgehead atoms. The number of alkyl halides is 1. The number of aryl methyl sites for hydroxylation is 1. The van der Waals surface area contributed by atoms with E-state index in [1.807, 2.05) is 0 Å². The number of benzene rings is 1. The maximum atomic E-state index is 11.8. The van der Waals surface area contributed by atoms with Gasteiger partial charge in [-0.05, 0) is 12.1 Å². The van der Waals surface area contributed by atoms with E-state index in [1.54, 1.807) is 16.7 Å². The Bertz CT molecular complexity index is 783. The van der Waals surface area contributed by atoms with Crippen LogP contribution in [0.3, 0.4) is 0 Å². The third-order valence-electron chi connectivity index (χ3n) is 3.11. The van der Waals surface area contributed by atoms with Crippen LogP contribution in [0, 0.1) is 0 Å². The maximum absolute atomic E-state index is 11.8. The predicted molar refractivity (Wildman–Crippen MR) is 79.0 cm³/mol. The first-order valence-electron chi connectivity index (χ1n) is 6.19. The first kappa shape index (κ1) is 15.8. The first-order valence-corrected chi connectivity index (χ1v) is 8.62. The molecule has 0 aliphatic carbocycles. The van der Waals surface area contributed by atoms with Crippen LogP contribution in [0.1, 0.15) is 12.2 Å². The number of para-hydroxylation sites is 1. The van der Waals surface area contributed by atoms with Gasteiger partial charge in [-0.15, -0.1) is 11.6 Å². The quantitative estimate of drug-likeness (QED) is 0.616. The third kappa shape index (κ3) is 3.19. The number of hydrogen-bond acceptors (Lipinski definition) is 5. The number of ether oxygens (including phenoxy) is 1. The number of sulfone groups is 1. The number of halogens is 1. The lowest BCUT2D eigenvalue weighted by molar-refractivity contribution is -0.140. The Morgan fingerprint density at radius 2 is 2.14 bits per heavy atom. The van der Waals surface area contributed by atoms with Crippen molar-refractivity contribution >= 4 is 38.4 Å². The lowest BCUT2D eigenvalue weighted by Gasteiger charge is -2.07. The molecule has 2 aromatic rings. The van der Waals surface area contributed by atoms with Crippen molar-refractivity contribution in [3.63, 3.8) is 0 Å². The molecule has 6 nitrogen and oxygen atoms in total. The van der Waals surface area contributed by atoms with Crippen molar-refractivity contribution in [2.45, 2.75) is 23.7 Å². The summed E-state index contributed by atoms with van der Waals surface area (Å²) in [5.41, 5.74) is 1.01. The second-order valence-electron chi connectivity index (χ2n) is 4.54. The molecule has 1 heterocycles. The van der Waals surface area contributed by atoms with Crippen molar-refractivity contribution in [2.24, 2.45) is 0 Å². The standard InChI is InChI=1S/C13H15ClN2O4S/c1-20-12(17)6-7-16-9-4-3-5-10(21(2,18)19)13(9)15-11(16)8-14/h3-5H,6-8H2,1-2H3. The Balaban J connectivity index is 2.57. The van der Waals surface area contributed by atoms with E-state index in [2.05, 4.69) is 9.72 Å². The van der Waals surface area contributed by atoms with E-state index in [0.717, 1.165) is 6.26 Å². The molecule has 0 aliphatic rings. The monoisotopic (exact) mass is 330 g/mol. The second-order valence-corrected chi connectivity index (χ2v) is 6.79. The van der Waals surface area contributed by atoms with Gasteiger partial charge in [0, 0.05) is 12.8 Å². The molecular weight excluding hydrogens is 316 g/mol. The van der Waals surface area contributed by atoms with Crippen LogP contribution < -0.4 is 0 Å².